The van der Waals surface area contributed by atoms with Crippen LogP contribution in [-0.4, -0.2) is 53.7 Å². The Bertz CT molecular complexity index is 1610. The van der Waals surface area contributed by atoms with Gasteiger partial charge in [-0.3, -0.25) is 0 Å². The third-order valence-corrected chi connectivity index (χ3v) is 27.2. The third kappa shape index (κ3) is 11.7. The third-order valence-electron chi connectivity index (χ3n) is 11.7. The number of thioether (sulfide) groups is 1. The van der Waals surface area contributed by atoms with Crippen LogP contribution in [0.1, 0.15) is 60.8 Å². The zero-order valence-electron chi connectivity index (χ0n) is 32.5. The zero-order chi connectivity index (χ0) is 37.9. The van der Waals surface area contributed by atoms with E-state index in [-0.39, 0.29) is 9.52 Å². The van der Waals surface area contributed by atoms with Gasteiger partial charge in [-0.25, -0.2) is 0 Å². The van der Waals surface area contributed by atoms with E-state index >= 15 is 0 Å². The number of alkyl halides is 3. The Labute approximate surface area is 362 Å². The Kier molecular flexibility index (Phi) is 19.4. The Balaban J connectivity index is 1.75. The molecule has 0 bridgehead atoms. The van der Waals surface area contributed by atoms with Crippen LogP contribution in [0, 0.1) is 0 Å². The zero-order valence-corrected chi connectivity index (χ0v) is 41.5. The fourth-order valence-corrected chi connectivity index (χ4v) is 26.5. The van der Waals surface area contributed by atoms with Gasteiger partial charge in [-0.1, -0.05) is 218 Å². The molecule has 0 nitrogen and oxygen atoms in total. The molecule has 1 aliphatic rings. The van der Waals surface area contributed by atoms with E-state index in [1.165, 1.54) is 126 Å². The van der Waals surface area contributed by atoms with Gasteiger partial charge in [0, 0.05) is 25.5 Å². The fraction of sp³-hybridized carbons (Fsp3) is 0.404. The van der Waals surface area contributed by atoms with Crippen molar-refractivity contribution in [3.05, 3.63) is 144 Å². The highest BCUT2D eigenvalue weighted by atomic mass is 79.9. The summed E-state index contributed by atoms with van der Waals surface area (Å²) < 4.78 is 0. The minimum Gasteiger partial charge on any atom is -0.165 e. The number of hydrogen-bond acceptors (Lipinski definition) is 1. The summed E-state index contributed by atoms with van der Waals surface area (Å²) in [6.07, 6.45) is 10.4. The standard InChI is InChI=1S/C47H61Br3SSi3/c1-51-31-17-36-53(34-15-29-49,35-16-30-50)37-19-39-54(38-18-33-52-32-14-28-48)46(42-24-10-4-11-25-42)44(40-20-6-2-7-21-40)45(41-22-8-3-9-23-41)47(54)43-26-12-5-13-27-43/h2-13,20-27H,14-19,28-39,52H2,1H3. The van der Waals surface area contributed by atoms with Gasteiger partial charge < -0.3 is 0 Å². The Morgan fingerprint density at radius 3 is 1.31 bits per heavy atom. The molecule has 0 saturated carbocycles. The second-order valence-corrected chi connectivity index (χ2v) is 29.9. The molecule has 4 aromatic carbocycles. The monoisotopic (exact) mass is 978 g/mol. The van der Waals surface area contributed by atoms with Crippen LogP contribution in [0.15, 0.2) is 121 Å². The summed E-state index contributed by atoms with van der Waals surface area (Å²) in [6.45, 7) is 0. The molecule has 288 valence electrons. The maximum absolute atomic E-state index is 3.86. The van der Waals surface area contributed by atoms with Crippen LogP contribution >= 0.6 is 59.6 Å². The first-order chi connectivity index (χ1) is 26.6. The van der Waals surface area contributed by atoms with Crippen molar-refractivity contribution in [1.82, 2.24) is 0 Å². The van der Waals surface area contributed by atoms with E-state index in [2.05, 4.69) is 175 Å². The van der Waals surface area contributed by atoms with Gasteiger partial charge in [0.2, 0.25) is 0 Å². The van der Waals surface area contributed by atoms with Gasteiger partial charge in [0.1, 0.15) is 8.07 Å². The molecule has 0 aromatic heterocycles. The van der Waals surface area contributed by atoms with Gasteiger partial charge in [0.05, 0.1) is 8.07 Å². The van der Waals surface area contributed by atoms with Crippen molar-refractivity contribution in [1.29, 1.82) is 0 Å². The van der Waals surface area contributed by atoms with Gasteiger partial charge in [0.25, 0.3) is 0 Å². The summed E-state index contributed by atoms with van der Waals surface area (Å²) in [5, 5.41) is 6.85. The number of hydrogen-bond donors (Lipinski definition) is 0. The second-order valence-electron chi connectivity index (χ2n) is 15.3. The molecule has 5 rings (SSSR count). The Hall–Kier alpha value is -1.20. The first kappa shape index (κ1) is 43.9. The van der Waals surface area contributed by atoms with Gasteiger partial charge in [-0.2, -0.15) is 11.8 Å². The van der Waals surface area contributed by atoms with Crippen molar-refractivity contribution in [3.8, 4) is 0 Å². The summed E-state index contributed by atoms with van der Waals surface area (Å²) in [6, 6.07) is 57.9. The number of halogens is 3. The molecule has 0 fully saturated rings. The quantitative estimate of drug-likeness (QED) is 0.0362. The van der Waals surface area contributed by atoms with Crippen LogP contribution in [0.25, 0.3) is 21.5 Å². The maximum Gasteiger partial charge on any atom is 0.121 e. The predicted octanol–water partition coefficient (Wildman–Crippen LogP) is 15.1. The largest absolute Gasteiger partial charge is 0.165 e. The topological polar surface area (TPSA) is 0 Å². The first-order valence-electron chi connectivity index (χ1n) is 20.5. The van der Waals surface area contributed by atoms with Gasteiger partial charge in [-0.05, 0) is 93.6 Å². The Morgan fingerprint density at radius 2 is 0.870 bits per heavy atom. The summed E-state index contributed by atoms with van der Waals surface area (Å²) >= 11 is 13.5. The van der Waals surface area contributed by atoms with Gasteiger partial charge >= 0.3 is 0 Å². The molecule has 1 heterocycles. The molecule has 0 atom stereocenters. The highest BCUT2D eigenvalue weighted by Gasteiger charge is 2.50. The van der Waals surface area contributed by atoms with Gasteiger partial charge in [-0.15, -0.1) is 0 Å². The van der Waals surface area contributed by atoms with E-state index in [4.69, 9.17) is 0 Å². The fourth-order valence-electron chi connectivity index (χ4n) is 9.36. The van der Waals surface area contributed by atoms with Crippen LogP contribution in [0.3, 0.4) is 0 Å². The van der Waals surface area contributed by atoms with Crippen molar-refractivity contribution >= 4 is 107 Å². The molecule has 0 saturated heterocycles. The lowest BCUT2D eigenvalue weighted by Crippen LogP contribution is -2.39. The van der Waals surface area contributed by atoms with Crippen molar-refractivity contribution in [2.24, 2.45) is 0 Å². The van der Waals surface area contributed by atoms with Crippen LogP contribution in [-0.2, 0) is 0 Å². The van der Waals surface area contributed by atoms with E-state index in [1.54, 1.807) is 10.4 Å². The number of rotatable bonds is 25. The van der Waals surface area contributed by atoms with Crippen molar-refractivity contribution < 1.29 is 0 Å². The smallest absolute Gasteiger partial charge is 0.121 e. The minimum absolute atomic E-state index is 0.0675. The molecule has 7 heteroatoms. The maximum atomic E-state index is 3.86. The lowest BCUT2D eigenvalue weighted by atomic mass is 9.89. The van der Waals surface area contributed by atoms with E-state index in [1.807, 2.05) is 11.8 Å². The van der Waals surface area contributed by atoms with Crippen molar-refractivity contribution in [3.63, 3.8) is 0 Å². The molecule has 0 aliphatic carbocycles. The molecular formula is C47H61Br3SSi3. The highest BCUT2D eigenvalue weighted by Crippen LogP contribution is 2.59. The summed E-state index contributed by atoms with van der Waals surface area (Å²) in [5.74, 6) is 1.30. The van der Waals surface area contributed by atoms with Crippen molar-refractivity contribution in [2.45, 2.75) is 86.9 Å². The van der Waals surface area contributed by atoms with Crippen molar-refractivity contribution in [2.75, 3.05) is 28.0 Å². The van der Waals surface area contributed by atoms with Crippen LogP contribution in [0.5, 0.6) is 0 Å². The minimum atomic E-state index is -2.36. The lowest BCUT2D eigenvalue weighted by Gasteiger charge is -2.38. The van der Waals surface area contributed by atoms with Gasteiger partial charge in [0.15, 0.2) is 0 Å². The molecule has 0 N–H and O–H groups in total. The van der Waals surface area contributed by atoms with Crippen LogP contribution < -0.4 is 0 Å². The highest BCUT2D eigenvalue weighted by molar-refractivity contribution is 9.09. The van der Waals surface area contributed by atoms with E-state index in [9.17, 15) is 0 Å². The predicted molar refractivity (Wildman–Crippen MR) is 265 cm³/mol. The SMILES string of the molecule is CSCCC[Si](CCCBr)(CCCBr)CCC[Si]1(CCC[SiH2]CCCBr)C(c2ccccc2)=C(c2ccccc2)C(c2ccccc2)=C1c1ccccc1. The van der Waals surface area contributed by atoms with E-state index in [0.717, 1.165) is 16.0 Å². The van der Waals surface area contributed by atoms with E-state index in [0.29, 0.717) is 0 Å². The molecule has 54 heavy (non-hydrogen) atoms. The lowest BCUT2D eigenvalue weighted by molar-refractivity contribution is 0.884. The van der Waals surface area contributed by atoms with E-state index < -0.39 is 16.1 Å². The molecular weight excluding hydrogens is 921 g/mol. The number of allylic oxidation sites excluding steroid dienone is 2. The summed E-state index contributed by atoms with van der Waals surface area (Å²) in [7, 11) is -3.91. The molecule has 0 amide bonds. The molecule has 0 unspecified atom stereocenters. The van der Waals surface area contributed by atoms with Crippen LogP contribution in [0.4, 0.5) is 0 Å². The number of benzene rings is 4. The average molecular weight is 982 g/mol. The molecule has 0 radical (unpaired) electrons. The molecule has 4 aromatic rings. The first-order valence-corrected chi connectivity index (χ1v) is 32.5. The second kappa shape index (κ2) is 23.9. The Morgan fingerprint density at radius 1 is 0.481 bits per heavy atom. The van der Waals surface area contributed by atoms with Crippen LogP contribution in [0.2, 0.25) is 48.4 Å². The summed E-state index contributed by atoms with van der Waals surface area (Å²) in [4.78, 5) is 0. The average Bonchev–Trinajstić information content (AvgIpc) is 3.52. The normalized spacial score (nSPS) is 14.5. The molecule has 0 spiro atoms. The summed E-state index contributed by atoms with van der Waals surface area (Å²) in [5.41, 5.74) is 8.69. The molecule has 1 aliphatic heterocycles.